The van der Waals surface area contributed by atoms with E-state index in [1.165, 1.54) is 4.90 Å². The Morgan fingerprint density at radius 3 is 2.48 bits per heavy atom. The number of fused-ring (bicyclic) bond motifs is 1. The lowest BCUT2D eigenvalue weighted by Crippen LogP contribution is -2.53. The zero-order valence-electron chi connectivity index (χ0n) is 17.9. The summed E-state index contributed by atoms with van der Waals surface area (Å²) in [6, 6.07) is 13.6. The van der Waals surface area contributed by atoms with Gasteiger partial charge >= 0.3 is 5.97 Å². The molecular formula is C24H25N3O6. The molecule has 0 saturated heterocycles. The maximum Gasteiger partial charge on any atom is 0.305 e. The first-order valence-electron chi connectivity index (χ1n) is 10.6. The molecule has 0 aromatic heterocycles. The number of rotatable bonds is 8. The molecule has 3 rings (SSSR count). The van der Waals surface area contributed by atoms with Gasteiger partial charge in [-0.15, -0.1) is 0 Å². The predicted molar refractivity (Wildman–Crippen MR) is 120 cm³/mol. The topological polar surface area (TPSA) is 133 Å². The number of carboxylic acid groups (broad SMARTS) is 1. The van der Waals surface area contributed by atoms with Gasteiger partial charge in [-0.2, -0.15) is 0 Å². The zero-order valence-corrected chi connectivity index (χ0v) is 17.9. The van der Waals surface area contributed by atoms with Gasteiger partial charge < -0.3 is 25.4 Å². The zero-order chi connectivity index (χ0) is 23.8. The van der Waals surface area contributed by atoms with Crippen molar-refractivity contribution in [1.29, 1.82) is 0 Å². The number of anilines is 1. The third-order valence-electron chi connectivity index (χ3n) is 5.33. The maximum atomic E-state index is 13.5. The number of amides is 3. The fourth-order valence-corrected chi connectivity index (χ4v) is 3.76. The number of aldehydes is 1. The Morgan fingerprint density at radius 1 is 1.09 bits per heavy atom. The molecule has 9 nitrogen and oxygen atoms in total. The molecule has 2 atom stereocenters. The summed E-state index contributed by atoms with van der Waals surface area (Å²) in [7, 11) is 0. The predicted octanol–water partition coefficient (Wildman–Crippen LogP) is 1.31. The van der Waals surface area contributed by atoms with E-state index in [2.05, 4.69) is 10.6 Å². The molecule has 9 heteroatoms. The Hall–Kier alpha value is -4.01. The van der Waals surface area contributed by atoms with Gasteiger partial charge in [0.05, 0.1) is 12.5 Å². The van der Waals surface area contributed by atoms with E-state index in [-0.39, 0.29) is 0 Å². The van der Waals surface area contributed by atoms with Crippen LogP contribution in [-0.2, 0) is 25.6 Å². The van der Waals surface area contributed by atoms with E-state index < -0.39 is 48.7 Å². The van der Waals surface area contributed by atoms with Crippen LogP contribution < -0.4 is 15.5 Å². The molecule has 0 bridgehead atoms. The van der Waals surface area contributed by atoms with Crippen molar-refractivity contribution in [3.05, 3.63) is 65.7 Å². The Bertz CT molecular complexity index is 1040. The van der Waals surface area contributed by atoms with E-state index in [4.69, 9.17) is 5.11 Å². The van der Waals surface area contributed by atoms with Crippen LogP contribution in [0.1, 0.15) is 35.2 Å². The first-order valence-corrected chi connectivity index (χ1v) is 10.6. The number of aryl methyl sites for hydroxylation is 1. The summed E-state index contributed by atoms with van der Waals surface area (Å²) >= 11 is 0. The van der Waals surface area contributed by atoms with E-state index in [0.717, 1.165) is 5.56 Å². The van der Waals surface area contributed by atoms with Gasteiger partial charge in [-0.3, -0.25) is 19.2 Å². The Labute approximate surface area is 190 Å². The second-order valence-corrected chi connectivity index (χ2v) is 7.75. The Morgan fingerprint density at radius 2 is 1.79 bits per heavy atom. The number of aliphatic carboxylic acids is 1. The number of carbonyl (C=O) groups is 5. The molecule has 33 heavy (non-hydrogen) atoms. The summed E-state index contributed by atoms with van der Waals surface area (Å²) in [5.74, 6) is -2.76. The van der Waals surface area contributed by atoms with Crippen LogP contribution in [0.2, 0.25) is 0 Å². The van der Waals surface area contributed by atoms with Gasteiger partial charge in [-0.05, 0) is 43.0 Å². The van der Waals surface area contributed by atoms with Gasteiger partial charge in [-0.25, -0.2) is 0 Å². The van der Waals surface area contributed by atoms with E-state index in [0.29, 0.717) is 36.8 Å². The first kappa shape index (κ1) is 23.6. The Balaban J connectivity index is 1.83. The number of hydrogen-bond acceptors (Lipinski definition) is 5. The van der Waals surface area contributed by atoms with E-state index in [1.807, 2.05) is 12.1 Å². The molecule has 0 unspecified atom stereocenters. The lowest BCUT2D eigenvalue weighted by atomic mass is 9.98. The van der Waals surface area contributed by atoms with Crippen molar-refractivity contribution >= 4 is 35.7 Å². The monoisotopic (exact) mass is 451 g/mol. The second kappa shape index (κ2) is 11.0. The summed E-state index contributed by atoms with van der Waals surface area (Å²) in [5, 5.41) is 14.0. The van der Waals surface area contributed by atoms with Crippen LogP contribution in [0.4, 0.5) is 5.69 Å². The molecule has 1 aliphatic rings. The van der Waals surface area contributed by atoms with Crippen LogP contribution in [0.15, 0.2) is 54.6 Å². The standard InChI is InChI=1S/C24H25N3O6/c28-15-18(13-22(30)31)25-21(29)14-27-20-12-5-4-7-16(20)10-6-11-19(24(27)33)26-23(32)17-8-2-1-3-9-17/h1-5,7-9,12,15,18-19H,6,10-11,13-14H2,(H,25,29)(H,26,32)(H,30,31)/t18-,19-/m0/s1. The maximum absolute atomic E-state index is 13.5. The molecule has 2 aromatic rings. The van der Waals surface area contributed by atoms with Crippen LogP contribution in [0.3, 0.4) is 0 Å². The number of hydrogen-bond donors (Lipinski definition) is 3. The minimum absolute atomic E-state index is 0.345. The van der Waals surface area contributed by atoms with Crippen molar-refractivity contribution in [2.45, 2.75) is 37.8 Å². The number of carbonyl (C=O) groups excluding carboxylic acids is 4. The van der Waals surface area contributed by atoms with Gasteiger partial charge in [0, 0.05) is 11.3 Å². The largest absolute Gasteiger partial charge is 0.481 e. The normalized spacial score (nSPS) is 16.5. The molecule has 0 aliphatic carbocycles. The van der Waals surface area contributed by atoms with Gasteiger partial charge in [0.25, 0.3) is 5.91 Å². The van der Waals surface area contributed by atoms with Gasteiger partial charge in [0.2, 0.25) is 11.8 Å². The van der Waals surface area contributed by atoms with Gasteiger partial charge in [0.1, 0.15) is 18.9 Å². The molecule has 0 spiro atoms. The number of benzene rings is 2. The molecule has 2 aromatic carbocycles. The van der Waals surface area contributed by atoms with Crippen LogP contribution in [-0.4, -0.2) is 53.7 Å². The first-order chi connectivity index (χ1) is 15.9. The lowest BCUT2D eigenvalue weighted by Gasteiger charge is -2.31. The number of nitrogens with zero attached hydrogens (tertiary/aromatic N) is 1. The quantitative estimate of drug-likeness (QED) is 0.519. The summed E-state index contributed by atoms with van der Waals surface area (Å²) in [6.45, 7) is -0.419. The van der Waals surface area contributed by atoms with E-state index in [9.17, 15) is 24.0 Å². The highest BCUT2D eigenvalue weighted by Gasteiger charge is 2.32. The van der Waals surface area contributed by atoms with Gasteiger partial charge in [-0.1, -0.05) is 36.4 Å². The molecule has 0 radical (unpaired) electrons. The number of carboxylic acids is 1. The number of para-hydroxylation sites is 1. The highest BCUT2D eigenvalue weighted by molar-refractivity contribution is 6.05. The average Bonchev–Trinajstić information content (AvgIpc) is 2.81. The Kier molecular flexibility index (Phi) is 7.91. The lowest BCUT2D eigenvalue weighted by molar-refractivity contribution is -0.138. The van der Waals surface area contributed by atoms with E-state index in [1.54, 1.807) is 42.5 Å². The summed E-state index contributed by atoms with van der Waals surface area (Å²) in [6.07, 6.45) is 1.48. The number of nitrogens with one attached hydrogen (secondary N) is 2. The third kappa shape index (κ3) is 6.25. The van der Waals surface area contributed by atoms with Crippen LogP contribution in [0.25, 0.3) is 0 Å². The molecule has 3 amide bonds. The summed E-state index contributed by atoms with van der Waals surface area (Å²) in [5.41, 5.74) is 1.83. The molecule has 172 valence electrons. The minimum atomic E-state index is -1.23. The fourth-order valence-electron chi connectivity index (χ4n) is 3.76. The fraction of sp³-hybridized carbons (Fsp3) is 0.292. The van der Waals surface area contributed by atoms with Crippen molar-refractivity contribution in [2.24, 2.45) is 0 Å². The van der Waals surface area contributed by atoms with Crippen LogP contribution >= 0.6 is 0 Å². The highest BCUT2D eigenvalue weighted by Crippen LogP contribution is 2.26. The third-order valence-corrected chi connectivity index (χ3v) is 5.33. The molecule has 3 N–H and O–H groups in total. The van der Waals surface area contributed by atoms with Crippen molar-refractivity contribution in [3.8, 4) is 0 Å². The van der Waals surface area contributed by atoms with Gasteiger partial charge in [0.15, 0.2) is 0 Å². The van der Waals surface area contributed by atoms with Crippen molar-refractivity contribution in [3.63, 3.8) is 0 Å². The van der Waals surface area contributed by atoms with Crippen molar-refractivity contribution < 1.29 is 29.1 Å². The average molecular weight is 451 g/mol. The highest BCUT2D eigenvalue weighted by atomic mass is 16.4. The smallest absolute Gasteiger partial charge is 0.305 e. The molecular weight excluding hydrogens is 426 g/mol. The minimum Gasteiger partial charge on any atom is -0.481 e. The van der Waals surface area contributed by atoms with Crippen LogP contribution in [0.5, 0.6) is 0 Å². The molecule has 1 heterocycles. The second-order valence-electron chi connectivity index (χ2n) is 7.75. The summed E-state index contributed by atoms with van der Waals surface area (Å²) < 4.78 is 0. The SMILES string of the molecule is O=C[C@H](CC(=O)O)NC(=O)CN1C(=O)[C@@H](NC(=O)c2ccccc2)CCCc2ccccc21. The summed E-state index contributed by atoms with van der Waals surface area (Å²) in [4.78, 5) is 62.0. The molecule has 0 fully saturated rings. The van der Waals surface area contributed by atoms with E-state index >= 15 is 0 Å². The van der Waals surface area contributed by atoms with Crippen molar-refractivity contribution in [1.82, 2.24) is 10.6 Å². The molecule has 0 saturated carbocycles. The van der Waals surface area contributed by atoms with Crippen molar-refractivity contribution in [2.75, 3.05) is 11.4 Å². The van der Waals surface area contributed by atoms with Crippen LogP contribution in [0, 0.1) is 0 Å². The molecule has 1 aliphatic heterocycles.